The standard InChI is InChI=1S/C20H19NO4/c1-24-17-11-5-10-15-13-16(20(23)25-18(15)17)19(22)21-12-6-9-14-7-3-2-4-8-14/h2-5,7-8,10-11,13H,6,9,12H2,1H3,(H,21,22). The van der Waals surface area contributed by atoms with E-state index < -0.39 is 11.5 Å². The van der Waals surface area contributed by atoms with E-state index in [0.29, 0.717) is 23.3 Å². The first-order valence-electron chi connectivity index (χ1n) is 8.12. The fourth-order valence-corrected chi connectivity index (χ4v) is 2.67. The van der Waals surface area contributed by atoms with Gasteiger partial charge in [-0.1, -0.05) is 42.5 Å². The number of benzene rings is 2. The molecule has 0 atom stereocenters. The van der Waals surface area contributed by atoms with E-state index in [1.54, 1.807) is 18.2 Å². The fraction of sp³-hybridized carbons (Fsp3) is 0.200. The van der Waals surface area contributed by atoms with Crippen molar-refractivity contribution in [3.63, 3.8) is 0 Å². The van der Waals surface area contributed by atoms with Crippen molar-refractivity contribution in [2.45, 2.75) is 12.8 Å². The number of para-hydroxylation sites is 1. The van der Waals surface area contributed by atoms with Gasteiger partial charge in [-0.3, -0.25) is 4.79 Å². The molecule has 0 aliphatic rings. The van der Waals surface area contributed by atoms with Gasteiger partial charge in [0, 0.05) is 11.9 Å². The van der Waals surface area contributed by atoms with Crippen molar-refractivity contribution in [1.82, 2.24) is 5.32 Å². The molecule has 0 aliphatic carbocycles. The Labute approximate surface area is 145 Å². The van der Waals surface area contributed by atoms with Crippen LogP contribution in [0.25, 0.3) is 11.0 Å². The first-order valence-corrected chi connectivity index (χ1v) is 8.12. The van der Waals surface area contributed by atoms with Crippen LogP contribution < -0.4 is 15.7 Å². The Morgan fingerprint density at radius 2 is 1.92 bits per heavy atom. The van der Waals surface area contributed by atoms with E-state index in [1.807, 2.05) is 30.3 Å². The zero-order valence-electron chi connectivity index (χ0n) is 14.0. The highest BCUT2D eigenvalue weighted by Gasteiger charge is 2.15. The Morgan fingerprint density at radius 1 is 1.12 bits per heavy atom. The molecular weight excluding hydrogens is 318 g/mol. The van der Waals surface area contributed by atoms with Crippen LogP contribution in [0.1, 0.15) is 22.3 Å². The third-order valence-electron chi connectivity index (χ3n) is 3.96. The van der Waals surface area contributed by atoms with E-state index in [2.05, 4.69) is 5.32 Å². The second-order valence-electron chi connectivity index (χ2n) is 5.67. The maximum Gasteiger partial charge on any atom is 0.349 e. The van der Waals surface area contributed by atoms with Crippen molar-refractivity contribution in [1.29, 1.82) is 0 Å². The number of carbonyl (C=O) groups is 1. The van der Waals surface area contributed by atoms with Gasteiger partial charge in [-0.15, -0.1) is 0 Å². The molecule has 0 radical (unpaired) electrons. The minimum atomic E-state index is -0.669. The Bertz CT molecular complexity index is 931. The molecule has 1 N–H and O–H groups in total. The molecule has 3 aromatic rings. The van der Waals surface area contributed by atoms with E-state index in [0.717, 1.165) is 12.8 Å². The highest BCUT2D eigenvalue weighted by atomic mass is 16.5. The molecule has 0 spiro atoms. The van der Waals surface area contributed by atoms with Crippen molar-refractivity contribution in [3.05, 3.63) is 76.1 Å². The first kappa shape index (κ1) is 16.8. The third-order valence-corrected chi connectivity index (χ3v) is 3.96. The van der Waals surface area contributed by atoms with E-state index in [4.69, 9.17) is 9.15 Å². The van der Waals surface area contributed by atoms with Crippen LogP contribution in [0.3, 0.4) is 0 Å². The molecule has 1 amide bonds. The number of aryl methyl sites for hydroxylation is 1. The summed E-state index contributed by atoms with van der Waals surface area (Å²) >= 11 is 0. The molecule has 128 valence electrons. The number of fused-ring (bicyclic) bond motifs is 1. The smallest absolute Gasteiger partial charge is 0.349 e. The Hall–Kier alpha value is -3.08. The van der Waals surface area contributed by atoms with Gasteiger partial charge in [0.2, 0.25) is 0 Å². The van der Waals surface area contributed by atoms with Gasteiger partial charge in [-0.2, -0.15) is 0 Å². The van der Waals surface area contributed by atoms with Crippen molar-refractivity contribution in [3.8, 4) is 5.75 Å². The van der Waals surface area contributed by atoms with Crippen LogP contribution in [0.2, 0.25) is 0 Å². The summed E-state index contributed by atoms with van der Waals surface area (Å²) in [7, 11) is 1.50. The van der Waals surface area contributed by atoms with Gasteiger partial charge in [-0.25, -0.2) is 4.79 Å². The highest BCUT2D eigenvalue weighted by molar-refractivity contribution is 5.97. The molecule has 5 heteroatoms. The molecule has 2 aromatic carbocycles. The summed E-state index contributed by atoms with van der Waals surface area (Å²) in [6, 6.07) is 16.8. The summed E-state index contributed by atoms with van der Waals surface area (Å²) in [5.41, 5.74) is 0.891. The topological polar surface area (TPSA) is 68.5 Å². The quantitative estimate of drug-likeness (QED) is 0.554. The Morgan fingerprint density at radius 3 is 2.68 bits per heavy atom. The lowest BCUT2D eigenvalue weighted by atomic mass is 10.1. The maximum atomic E-state index is 12.3. The van der Waals surface area contributed by atoms with Crippen LogP contribution in [-0.4, -0.2) is 19.6 Å². The zero-order chi connectivity index (χ0) is 17.6. The number of rotatable bonds is 6. The van der Waals surface area contributed by atoms with Gasteiger partial charge in [0.15, 0.2) is 11.3 Å². The zero-order valence-corrected chi connectivity index (χ0v) is 14.0. The fourth-order valence-electron chi connectivity index (χ4n) is 2.67. The van der Waals surface area contributed by atoms with Gasteiger partial charge in [0.25, 0.3) is 5.91 Å². The lowest BCUT2D eigenvalue weighted by Gasteiger charge is -2.07. The number of methoxy groups -OCH3 is 1. The Balaban J connectivity index is 1.67. The maximum absolute atomic E-state index is 12.3. The number of carbonyl (C=O) groups excluding carboxylic acids is 1. The predicted octanol–water partition coefficient (Wildman–Crippen LogP) is 3.16. The van der Waals surface area contributed by atoms with Crippen LogP contribution in [0.5, 0.6) is 5.75 Å². The Kier molecular flexibility index (Phi) is 5.14. The van der Waals surface area contributed by atoms with Crippen LogP contribution in [0.4, 0.5) is 0 Å². The minimum Gasteiger partial charge on any atom is -0.493 e. The van der Waals surface area contributed by atoms with Gasteiger partial charge >= 0.3 is 5.63 Å². The average Bonchev–Trinajstić information content (AvgIpc) is 2.65. The second-order valence-corrected chi connectivity index (χ2v) is 5.67. The first-order chi connectivity index (χ1) is 12.2. The van der Waals surface area contributed by atoms with E-state index in [1.165, 1.54) is 18.7 Å². The summed E-state index contributed by atoms with van der Waals surface area (Å²) in [4.78, 5) is 24.4. The highest BCUT2D eigenvalue weighted by Crippen LogP contribution is 2.24. The van der Waals surface area contributed by atoms with Gasteiger partial charge in [0.05, 0.1) is 7.11 Å². The lowest BCUT2D eigenvalue weighted by molar-refractivity contribution is 0.0949. The lowest BCUT2D eigenvalue weighted by Crippen LogP contribution is -2.29. The molecule has 3 rings (SSSR count). The van der Waals surface area contributed by atoms with Gasteiger partial charge in [0.1, 0.15) is 5.56 Å². The monoisotopic (exact) mass is 337 g/mol. The van der Waals surface area contributed by atoms with Gasteiger partial charge < -0.3 is 14.5 Å². The molecule has 0 saturated heterocycles. The normalized spacial score (nSPS) is 10.6. The van der Waals surface area contributed by atoms with E-state index in [-0.39, 0.29) is 5.56 Å². The number of ether oxygens (including phenoxy) is 1. The molecule has 25 heavy (non-hydrogen) atoms. The summed E-state index contributed by atoms with van der Waals surface area (Å²) in [6.07, 6.45) is 1.66. The SMILES string of the molecule is COc1cccc2cc(C(=O)NCCCc3ccccc3)c(=O)oc12. The molecular formula is C20H19NO4. The summed E-state index contributed by atoms with van der Waals surface area (Å²) in [5.74, 6) is 0.0379. The van der Waals surface area contributed by atoms with Gasteiger partial charge in [-0.05, 0) is 30.5 Å². The largest absolute Gasteiger partial charge is 0.493 e. The van der Waals surface area contributed by atoms with Crippen molar-refractivity contribution in [2.75, 3.05) is 13.7 Å². The summed E-state index contributed by atoms with van der Waals surface area (Å²) in [6.45, 7) is 0.489. The van der Waals surface area contributed by atoms with Crippen LogP contribution in [0.15, 0.2) is 63.8 Å². The molecule has 0 unspecified atom stereocenters. The van der Waals surface area contributed by atoms with Crippen molar-refractivity contribution < 1.29 is 13.9 Å². The molecule has 1 aromatic heterocycles. The predicted molar refractivity (Wildman–Crippen MR) is 96.1 cm³/mol. The van der Waals surface area contributed by atoms with Crippen LogP contribution in [0, 0.1) is 0 Å². The number of hydrogen-bond donors (Lipinski definition) is 1. The van der Waals surface area contributed by atoms with E-state index in [9.17, 15) is 9.59 Å². The van der Waals surface area contributed by atoms with Crippen molar-refractivity contribution in [2.24, 2.45) is 0 Å². The number of hydrogen-bond acceptors (Lipinski definition) is 4. The minimum absolute atomic E-state index is 0.000430. The molecule has 0 fully saturated rings. The van der Waals surface area contributed by atoms with Crippen LogP contribution >= 0.6 is 0 Å². The summed E-state index contributed by atoms with van der Waals surface area (Å²) < 4.78 is 10.4. The van der Waals surface area contributed by atoms with Crippen molar-refractivity contribution >= 4 is 16.9 Å². The van der Waals surface area contributed by atoms with E-state index >= 15 is 0 Å². The number of amides is 1. The number of nitrogens with one attached hydrogen (secondary N) is 1. The van der Waals surface area contributed by atoms with Crippen LogP contribution in [-0.2, 0) is 6.42 Å². The second kappa shape index (κ2) is 7.66. The molecule has 5 nitrogen and oxygen atoms in total. The third kappa shape index (κ3) is 3.88. The molecule has 0 saturated carbocycles. The average molecular weight is 337 g/mol. The molecule has 1 heterocycles. The molecule has 0 bridgehead atoms. The molecule has 0 aliphatic heterocycles. The summed E-state index contributed by atoms with van der Waals surface area (Å²) in [5, 5.41) is 3.42.